The zero-order chi connectivity index (χ0) is 14.8. The number of rotatable bonds is 2. The standard InChI is InChI=1S/C15H23N3OS/c1-11-9-13(18-5-7-20-8-6-18)16-10-12(11)17-14(19)15(2,3)4/h9-10H,5-8H2,1-4H3,(H,17,19). The van der Waals surface area contributed by atoms with E-state index >= 15 is 0 Å². The van der Waals surface area contributed by atoms with Gasteiger partial charge in [-0.05, 0) is 18.6 Å². The Labute approximate surface area is 125 Å². The van der Waals surface area contributed by atoms with E-state index < -0.39 is 5.41 Å². The number of thioether (sulfide) groups is 1. The number of hydrogen-bond donors (Lipinski definition) is 1. The lowest BCUT2D eigenvalue weighted by Gasteiger charge is -2.28. The molecule has 1 aromatic rings. The molecule has 1 saturated heterocycles. The summed E-state index contributed by atoms with van der Waals surface area (Å²) >= 11 is 1.99. The van der Waals surface area contributed by atoms with Gasteiger partial charge in [0.15, 0.2) is 0 Å². The third-order valence-corrected chi connectivity index (χ3v) is 4.30. The summed E-state index contributed by atoms with van der Waals surface area (Å²) in [5.41, 5.74) is 1.47. The van der Waals surface area contributed by atoms with E-state index in [0.717, 1.165) is 41.7 Å². The highest BCUT2D eigenvalue weighted by molar-refractivity contribution is 7.99. The summed E-state index contributed by atoms with van der Waals surface area (Å²) < 4.78 is 0. The molecule has 0 aliphatic carbocycles. The smallest absolute Gasteiger partial charge is 0.229 e. The van der Waals surface area contributed by atoms with Crippen molar-refractivity contribution < 1.29 is 4.79 Å². The van der Waals surface area contributed by atoms with Gasteiger partial charge in [-0.15, -0.1) is 0 Å². The Morgan fingerprint density at radius 2 is 2.00 bits per heavy atom. The lowest BCUT2D eigenvalue weighted by Crippen LogP contribution is -2.33. The van der Waals surface area contributed by atoms with Crippen LogP contribution in [-0.2, 0) is 4.79 Å². The number of carbonyl (C=O) groups excluding carboxylic acids is 1. The van der Waals surface area contributed by atoms with Gasteiger partial charge in [0.25, 0.3) is 0 Å². The number of carbonyl (C=O) groups is 1. The molecule has 2 heterocycles. The molecule has 1 aliphatic heterocycles. The molecule has 0 saturated carbocycles. The van der Waals surface area contributed by atoms with E-state index in [0.29, 0.717) is 0 Å². The Morgan fingerprint density at radius 3 is 2.55 bits per heavy atom. The molecule has 4 nitrogen and oxygen atoms in total. The molecule has 0 bridgehead atoms. The summed E-state index contributed by atoms with van der Waals surface area (Å²) in [4.78, 5) is 18.8. The predicted molar refractivity (Wildman–Crippen MR) is 86.6 cm³/mol. The highest BCUT2D eigenvalue weighted by Gasteiger charge is 2.22. The van der Waals surface area contributed by atoms with Gasteiger partial charge in [0.05, 0.1) is 11.9 Å². The maximum absolute atomic E-state index is 12.0. The number of hydrogen-bond acceptors (Lipinski definition) is 4. The van der Waals surface area contributed by atoms with Crippen molar-refractivity contribution in [3.05, 3.63) is 17.8 Å². The van der Waals surface area contributed by atoms with Gasteiger partial charge in [0.2, 0.25) is 5.91 Å². The summed E-state index contributed by atoms with van der Waals surface area (Å²) in [6.45, 7) is 9.83. The molecule has 1 N–H and O–H groups in total. The monoisotopic (exact) mass is 293 g/mol. The van der Waals surface area contributed by atoms with E-state index in [-0.39, 0.29) is 5.91 Å². The second-order valence-electron chi connectivity index (χ2n) is 6.16. The van der Waals surface area contributed by atoms with E-state index in [9.17, 15) is 4.79 Å². The molecule has 0 atom stereocenters. The highest BCUT2D eigenvalue weighted by Crippen LogP contribution is 2.24. The molecule has 2 rings (SSSR count). The molecule has 20 heavy (non-hydrogen) atoms. The van der Waals surface area contributed by atoms with Crippen molar-refractivity contribution in [2.45, 2.75) is 27.7 Å². The van der Waals surface area contributed by atoms with Crippen LogP contribution in [0.2, 0.25) is 0 Å². The Balaban J connectivity index is 2.11. The highest BCUT2D eigenvalue weighted by atomic mass is 32.2. The van der Waals surface area contributed by atoms with Crippen molar-refractivity contribution in [3.8, 4) is 0 Å². The minimum Gasteiger partial charge on any atom is -0.355 e. The molecule has 0 spiro atoms. The van der Waals surface area contributed by atoms with Crippen LogP contribution in [0.3, 0.4) is 0 Å². The fraction of sp³-hybridized carbons (Fsp3) is 0.600. The van der Waals surface area contributed by atoms with Gasteiger partial charge in [-0.1, -0.05) is 20.8 Å². The Kier molecular flexibility index (Phi) is 4.58. The van der Waals surface area contributed by atoms with Crippen LogP contribution in [0.1, 0.15) is 26.3 Å². The first-order valence-electron chi connectivity index (χ1n) is 6.99. The van der Waals surface area contributed by atoms with E-state index in [1.165, 1.54) is 0 Å². The average molecular weight is 293 g/mol. The molecule has 5 heteroatoms. The maximum Gasteiger partial charge on any atom is 0.229 e. The molecular weight excluding hydrogens is 270 g/mol. The normalized spacial score (nSPS) is 16.1. The molecule has 0 radical (unpaired) electrons. The number of anilines is 2. The van der Waals surface area contributed by atoms with Gasteiger partial charge < -0.3 is 10.2 Å². The second kappa shape index (κ2) is 6.04. The number of pyridine rings is 1. The van der Waals surface area contributed by atoms with Crippen LogP contribution in [0.5, 0.6) is 0 Å². The largest absolute Gasteiger partial charge is 0.355 e. The van der Waals surface area contributed by atoms with Crippen LogP contribution in [0, 0.1) is 12.3 Å². The quantitative estimate of drug-likeness (QED) is 0.910. The van der Waals surface area contributed by atoms with E-state index in [1.807, 2.05) is 39.5 Å². The van der Waals surface area contributed by atoms with Crippen LogP contribution >= 0.6 is 11.8 Å². The summed E-state index contributed by atoms with van der Waals surface area (Å²) in [5.74, 6) is 3.34. The summed E-state index contributed by atoms with van der Waals surface area (Å²) in [5, 5.41) is 2.96. The fourth-order valence-electron chi connectivity index (χ4n) is 1.95. The molecule has 0 aromatic carbocycles. The predicted octanol–water partition coefficient (Wildman–Crippen LogP) is 2.93. The maximum atomic E-state index is 12.0. The van der Waals surface area contributed by atoms with Crippen LogP contribution < -0.4 is 10.2 Å². The molecule has 1 aromatic heterocycles. The number of aromatic nitrogens is 1. The average Bonchev–Trinajstić information content (AvgIpc) is 2.41. The number of nitrogens with one attached hydrogen (secondary N) is 1. The van der Waals surface area contributed by atoms with E-state index in [4.69, 9.17) is 0 Å². The molecule has 1 amide bonds. The van der Waals surface area contributed by atoms with Crippen molar-refractivity contribution in [1.29, 1.82) is 0 Å². The van der Waals surface area contributed by atoms with Gasteiger partial charge in [-0.2, -0.15) is 11.8 Å². The first kappa shape index (κ1) is 15.2. The van der Waals surface area contributed by atoms with Gasteiger partial charge in [0, 0.05) is 30.0 Å². The zero-order valence-electron chi connectivity index (χ0n) is 12.7. The minimum absolute atomic E-state index is 0.0181. The Hall–Kier alpha value is -1.23. The van der Waals surface area contributed by atoms with Crippen LogP contribution in [0.4, 0.5) is 11.5 Å². The number of aryl methyl sites for hydroxylation is 1. The first-order valence-corrected chi connectivity index (χ1v) is 8.14. The lowest BCUT2D eigenvalue weighted by atomic mass is 9.95. The van der Waals surface area contributed by atoms with Crippen molar-refractivity contribution in [2.24, 2.45) is 5.41 Å². The third kappa shape index (κ3) is 3.66. The number of nitrogens with zero attached hydrogens (tertiary/aromatic N) is 2. The van der Waals surface area contributed by atoms with Crippen molar-refractivity contribution in [1.82, 2.24) is 4.98 Å². The fourth-order valence-corrected chi connectivity index (χ4v) is 2.85. The summed E-state index contributed by atoms with van der Waals surface area (Å²) in [6.07, 6.45) is 1.77. The third-order valence-electron chi connectivity index (χ3n) is 3.36. The SMILES string of the molecule is Cc1cc(N2CCSCC2)ncc1NC(=O)C(C)(C)C. The van der Waals surface area contributed by atoms with Gasteiger partial charge in [0.1, 0.15) is 5.82 Å². The van der Waals surface area contributed by atoms with Crippen LogP contribution in [0.15, 0.2) is 12.3 Å². The van der Waals surface area contributed by atoms with E-state index in [2.05, 4.69) is 21.3 Å². The topological polar surface area (TPSA) is 45.2 Å². The molecule has 1 aliphatic rings. The lowest BCUT2D eigenvalue weighted by molar-refractivity contribution is -0.123. The molecule has 0 unspecified atom stereocenters. The molecular formula is C15H23N3OS. The van der Waals surface area contributed by atoms with Crippen LogP contribution in [-0.4, -0.2) is 35.5 Å². The molecule has 110 valence electrons. The minimum atomic E-state index is -0.394. The second-order valence-corrected chi connectivity index (χ2v) is 7.39. The summed E-state index contributed by atoms with van der Waals surface area (Å²) in [7, 11) is 0. The van der Waals surface area contributed by atoms with E-state index in [1.54, 1.807) is 6.20 Å². The Bertz CT molecular complexity index is 490. The van der Waals surface area contributed by atoms with Crippen molar-refractivity contribution in [3.63, 3.8) is 0 Å². The van der Waals surface area contributed by atoms with Crippen molar-refractivity contribution in [2.75, 3.05) is 34.8 Å². The summed E-state index contributed by atoms with van der Waals surface area (Å²) in [6, 6.07) is 2.06. The zero-order valence-corrected chi connectivity index (χ0v) is 13.5. The Morgan fingerprint density at radius 1 is 1.35 bits per heavy atom. The molecule has 1 fully saturated rings. The first-order chi connectivity index (χ1) is 9.38. The van der Waals surface area contributed by atoms with Gasteiger partial charge in [-0.3, -0.25) is 4.79 Å². The van der Waals surface area contributed by atoms with Crippen LogP contribution in [0.25, 0.3) is 0 Å². The number of amides is 1. The van der Waals surface area contributed by atoms with Gasteiger partial charge >= 0.3 is 0 Å². The van der Waals surface area contributed by atoms with Gasteiger partial charge in [-0.25, -0.2) is 4.98 Å². The van der Waals surface area contributed by atoms with Crippen molar-refractivity contribution >= 4 is 29.2 Å².